The SMILES string of the molecule is CC(CCC(=O)N[C@@H]1CCC[C@@H]1C(=O)O)c1ccccc1. The van der Waals surface area contributed by atoms with Crippen LogP contribution >= 0.6 is 0 Å². The van der Waals surface area contributed by atoms with E-state index in [0.29, 0.717) is 18.8 Å². The molecule has 1 amide bonds. The molecule has 1 saturated carbocycles. The van der Waals surface area contributed by atoms with Gasteiger partial charge in [-0.25, -0.2) is 0 Å². The lowest BCUT2D eigenvalue weighted by Crippen LogP contribution is -2.40. The minimum Gasteiger partial charge on any atom is -0.481 e. The second kappa shape index (κ2) is 7.25. The van der Waals surface area contributed by atoms with Gasteiger partial charge >= 0.3 is 5.97 Å². The number of amides is 1. The molecule has 21 heavy (non-hydrogen) atoms. The van der Waals surface area contributed by atoms with Crippen LogP contribution in [0.5, 0.6) is 0 Å². The molecule has 2 N–H and O–H groups in total. The third kappa shape index (κ3) is 4.31. The Hall–Kier alpha value is -1.84. The molecule has 1 aromatic carbocycles. The Morgan fingerprint density at radius 2 is 2.00 bits per heavy atom. The molecule has 1 unspecified atom stereocenters. The van der Waals surface area contributed by atoms with E-state index < -0.39 is 11.9 Å². The van der Waals surface area contributed by atoms with Gasteiger partial charge < -0.3 is 10.4 Å². The van der Waals surface area contributed by atoms with Gasteiger partial charge in [0.1, 0.15) is 0 Å². The second-order valence-corrected chi connectivity index (χ2v) is 5.90. The number of aliphatic carboxylic acids is 1. The van der Waals surface area contributed by atoms with Crippen LogP contribution in [0.25, 0.3) is 0 Å². The van der Waals surface area contributed by atoms with Crippen molar-refractivity contribution in [3.05, 3.63) is 35.9 Å². The molecule has 1 aliphatic carbocycles. The van der Waals surface area contributed by atoms with Gasteiger partial charge in [0.15, 0.2) is 0 Å². The van der Waals surface area contributed by atoms with Crippen LogP contribution < -0.4 is 5.32 Å². The Kier molecular flexibility index (Phi) is 5.37. The summed E-state index contributed by atoms with van der Waals surface area (Å²) in [6.45, 7) is 2.11. The van der Waals surface area contributed by atoms with Crippen LogP contribution in [0.15, 0.2) is 30.3 Å². The monoisotopic (exact) mass is 289 g/mol. The van der Waals surface area contributed by atoms with Crippen LogP contribution in [0.4, 0.5) is 0 Å². The number of nitrogens with one attached hydrogen (secondary N) is 1. The first-order valence-electron chi connectivity index (χ1n) is 7.65. The summed E-state index contributed by atoms with van der Waals surface area (Å²) in [5.74, 6) is -0.914. The first-order valence-corrected chi connectivity index (χ1v) is 7.65. The van der Waals surface area contributed by atoms with E-state index in [2.05, 4.69) is 24.4 Å². The van der Waals surface area contributed by atoms with Crippen molar-refractivity contribution in [1.82, 2.24) is 5.32 Å². The van der Waals surface area contributed by atoms with E-state index in [1.54, 1.807) is 0 Å². The summed E-state index contributed by atoms with van der Waals surface area (Å²) in [5, 5.41) is 12.0. The van der Waals surface area contributed by atoms with E-state index in [1.807, 2.05) is 18.2 Å². The fourth-order valence-corrected chi connectivity index (χ4v) is 3.00. The molecule has 114 valence electrons. The third-order valence-electron chi connectivity index (χ3n) is 4.35. The van der Waals surface area contributed by atoms with Gasteiger partial charge in [-0.3, -0.25) is 9.59 Å². The van der Waals surface area contributed by atoms with E-state index in [0.717, 1.165) is 19.3 Å². The predicted octanol–water partition coefficient (Wildman–Crippen LogP) is 2.94. The molecule has 1 aliphatic rings. The molecule has 0 spiro atoms. The molecule has 0 aliphatic heterocycles. The number of carbonyl (C=O) groups is 2. The molecule has 0 saturated heterocycles. The van der Waals surface area contributed by atoms with Crippen molar-refractivity contribution >= 4 is 11.9 Å². The molecule has 3 atom stereocenters. The van der Waals surface area contributed by atoms with Crippen molar-refractivity contribution in [2.24, 2.45) is 5.92 Å². The molecular weight excluding hydrogens is 266 g/mol. The number of carbonyl (C=O) groups excluding carboxylic acids is 1. The van der Waals surface area contributed by atoms with E-state index in [-0.39, 0.29) is 11.9 Å². The fraction of sp³-hybridized carbons (Fsp3) is 0.529. The van der Waals surface area contributed by atoms with Crippen molar-refractivity contribution in [2.45, 2.75) is 51.0 Å². The standard InChI is InChI=1S/C17H23NO3/c1-12(13-6-3-2-4-7-13)10-11-16(19)18-15-9-5-8-14(15)17(20)21/h2-4,6-7,12,14-15H,5,8-11H2,1H3,(H,18,19)(H,20,21)/t12?,14-,15+/m0/s1. The lowest BCUT2D eigenvalue weighted by atomic mass is 9.96. The van der Waals surface area contributed by atoms with Gasteiger partial charge in [-0.05, 0) is 30.7 Å². The number of rotatable bonds is 6. The van der Waals surface area contributed by atoms with Crippen molar-refractivity contribution in [2.75, 3.05) is 0 Å². The smallest absolute Gasteiger partial charge is 0.308 e. The quantitative estimate of drug-likeness (QED) is 0.846. The van der Waals surface area contributed by atoms with Crippen LogP contribution in [0.2, 0.25) is 0 Å². The Bertz CT molecular complexity index is 486. The maximum absolute atomic E-state index is 12.0. The van der Waals surface area contributed by atoms with Crippen LogP contribution in [0, 0.1) is 5.92 Å². The van der Waals surface area contributed by atoms with Gasteiger partial charge in [0.25, 0.3) is 0 Å². The zero-order valence-corrected chi connectivity index (χ0v) is 12.4. The number of carboxylic acid groups (broad SMARTS) is 1. The average Bonchev–Trinajstić information content (AvgIpc) is 2.94. The van der Waals surface area contributed by atoms with Crippen molar-refractivity contribution in [1.29, 1.82) is 0 Å². The van der Waals surface area contributed by atoms with Gasteiger partial charge in [0.05, 0.1) is 5.92 Å². The molecular formula is C17H23NO3. The summed E-state index contributed by atoms with van der Waals surface area (Å²) < 4.78 is 0. The summed E-state index contributed by atoms with van der Waals surface area (Å²) >= 11 is 0. The molecule has 2 rings (SSSR count). The lowest BCUT2D eigenvalue weighted by Gasteiger charge is -2.18. The molecule has 0 radical (unpaired) electrons. The largest absolute Gasteiger partial charge is 0.481 e. The Morgan fingerprint density at radius 3 is 2.67 bits per heavy atom. The van der Waals surface area contributed by atoms with Gasteiger partial charge in [0, 0.05) is 12.5 Å². The highest BCUT2D eigenvalue weighted by atomic mass is 16.4. The van der Waals surface area contributed by atoms with E-state index >= 15 is 0 Å². The number of hydrogen-bond acceptors (Lipinski definition) is 2. The molecule has 0 bridgehead atoms. The maximum Gasteiger partial charge on any atom is 0.308 e. The third-order valence-corrected chi connectivity index (χ3v) is 4.35. The molecule has 4 heteroatoms. The van der Waals surface area contributed by atoms with E-state index in [4.69, 9.17) is 5.11 Å². The zero-order valence-electron chi connectivity index (χ0n) is 12.4. The fourth-order valence-electron chi connectivity index (χ4n) is 3.00. The van der Waals surface area contributed by atoms with Gasteiger partial charge in [-0.2, -0.15) is 0 Å². The van der Waals surface area contributed by atoms with Gasteiger partial charge in [-0.1, -0.05) is 43.7 Å². The highest BCUT2D eigenvalue weighted by molar-refractivity contribution is 5.78. The zero-order chi connectivity index (χ0) is 15.2. The Morgan fingerprint density at radius 1 is 1.29 bits per heavy atom. The summed E-state index contributed by atoms with van der Waals surface area (Å²) in [7, 11) is 0. The molecule has 4 nitrogen and oxygen atoms in total. The summed E-state index contributed by atoms with van der Waals surface area (Å²) in [6, 6.07) is 9.93. The minimum absolute atomic E-state index is 0.0315. The van der Waals surface area contributed by atoms with E-state index in [1.165, 1.54) is 5.56 Å². The molecule has 1 fully saturated rings. The van der Waals surface area contributed by atoms with Gasteiger partial charge in [-0.15, -0.1) is 0 Å². The lowest BCUT2D eigenvalue weighted by molar-refractivity contribution is -0.142. The van der Waals surface area contributed by atoms with Crippen molar-refractivity contribution in [3.8, 4) is 0 Å². The Balaban J connectivity index is 1.78. The molecule has 0 aromatic heterocycles. The minimum atomic E-state index is -0.796. The van der Waals surface area contributed by atoms with Crippen LogP contribution in [-0.2, 0) is 9.59 Å². The first kappa shape index (κ1) is 15.5. The molecule has 0 heterocycles. The number of benzene rings is 1. The van der Waals surface area contributed by atoms with Crippen molar-refractivity contribution in [3.63, 3.8) is 0 Å². The summed E-state index contributed by atoms with van der Waals surface area (Å²) in [4.78, 5) is 23.1. The highest BCUT2D eigenvalue weighted by Crippen LogP contribution is 2.26. The normalized spacial score (nSPS) is 22.7. The summed E-state index contributed by atoms with van der Waals surface area (Å²) in [5.41, 5.74) is 1.23. The predicted molar refractivity (Wildman–Crippen MR) is 81.0 cm³/mol. The Labute approximate surface area is 125 Å². The molecule has 1 aromatic rings. The first-order chi connectivity index (χ1) is 10.1. The number of hydrogen-bond donors (Lipinski definition) is 2. The highest BCUT2D eigenvalue weighted by Gasteiger charge is 2.33. The topological polar surface area (TPSA) is 66.4 Å². The van der Waals surface area contributed by atoms with Gasteiger partial charge in [0.2, 0.25) is 5.91 Å². The number of carboxylic acids is 1. The van der Waals surface area contributed by atoms with Crippen LogP contribution in [0.3, 0.4) is 0 Å². The maximum atomic E-state index is 12.0. The average molecular weight is 289 g/mol. The van der Waals surface area contributed by atoms with E-state index in [9.17, 15) is 9.59 Å². The second-order valence-electron chi connectivity index (χ2n) is 5.90. The van der Waals surface area contributed by atoms with Crippen molar-refractivity contribution < 1.29 is 14.7 Å². The van der Waals surface area contributed by atoms with Crippen LogP contribution in [-0.4, -0.2) is 23.0 Å². The van der Waals surface area contributed by atoms with Crippen LogP contribution in [0.1, 0.15) is 50.5 Å². The summed E-state index contributed by atoms with van der Waals surface area (Å²) in [6.07, 6.45) is 3.54.